The van der Waals surface area contributed by atoms with E-state index < -0.39 is 11.5 Å². The number of carboxylic acids is 1. The molecule has 0 unspecified atom stereocenters. The molecule has 1 aromatic heterocycles. The second-order valence-electron chi connectivity index (χ2n) is 6.68. The summed E-state index contributed by atoms with van der Waals surface area (Å²) in [7, 11) is 0. The number of piperazine rings is 1. The number of nitrogens with one attached hydrogen (secondary N) is 1. The van der Waals surface area contributed by atoms with Crippen molar-refractivity contribution in [3.63, 3.8) is 0 Å². The number of rotatable bonds is 3. The summed E-state index contributed by atoms with van der Waals surface area (Å²) in [5.74, 6) is -1.44. The molecule has 0 bridgehead atoms. The minimum atomic E-state index is -1.04. The van der Waals surface area contributed by atoms with Crippen molar-refractivity contribution in [2.75, 3.05) is 13.1 Å². The van der Waals surface area contributed by atoms with E-state index in [2.05, 4.69) is 10.4 Å². The average molecular weight is 356 g/mol. The first-order chi connectivity index (χ1) is 12.2. The van der Waals surface area contributed by atoms with Gasteiger partial charge >= 0.3 is 5.97 Å². The number of carbonyl (C=O) groups is 3. The summed E-state index contributed by atoms with van der Waals surface area (Å²) < 4.78 is 1.51. The van der Waals surface area contributed by atoms with Crippen LogP contribution in [0.2, 0.25) is 0 Å². The smallest absolute Gasteiger partial charge is 0.339 e. The minimum Gasteiger partial charge on any atom is -0.478 e. The van der Waals surface area contributed by atoms with Gasteiger partial charge in [-0.3, -0.25) is 9.59 Å². The fourth-order valence-electron chi connectivity index (χ4n) is 3.04. The lowest BCUT2D eigenvalue weighted by atomic mass is 9.97. The zero-order chi connectivity index (χ0) is 19.1. The summed E-state index contributed by atoms with van der Waals surface area (Å²) in [6.07, 6.45) is 1.30. The Morgan fingerprint density at radius 3 is 2.46 bits per heavy atom. The first kappa shape index (κ1) is 17.7. The Morgan fingerprint density at radius 1 is 1.23 bits per heavy atom. The summed E-state index contributed by atoms with van der Waals surface area (Å²) >= 11 is 0. The maximum Gasteiger partial charge on any atom is 0.339 e. The fourth-order valence-corrected chi connectivity index (χ4v) is 3.04. The highest BCUT2D eigenvalue weighted by Gasteiger charge is 2.40. The molecule has 2 amide bonds. The molecule has 1 fully saturated rings. The van der Waals surface area contributed by atoms with E-state index in [1.807, 2.05) is 0 Å². The number of aromatic carboxylic acids is 1. The van der Waals surface area contributed by atoms with Crippen molar-refractivity contribution < 1.29 is 19.5 Å². The summed E-state index contributed by atoms with van der Waals surface area (Å²) in [6, 6.07) is 6.72. The molecule has 26 heavy (non-hydrogen) atoms. The van der Waals surface area contributed by atoms with Crippen molar-refractivity contribution >= 4 is 17.8 Å². The van der Waals surface area contributed by atoms with Crippen LogP contribution in [0.15, 0.2) is 30.5 Å². The van der Waals surface area contributed by atoms with Crippen molar-refractivity contribution in [2.45, 2.75) is 26.3 Å². The molecule has 1 aliphatic heterocycles. The third-order valence-corrected chi connectivity index (χ3v) is 4.70. The summed E-state index contributed by atoms with van der Waals surface area (Å²) in [5, 5.41) is 16.0. The van der Waals surface area contributed by atoms with Gasteiger partial charge in [0.15, 0.2) is 0 Å². The molecule has 2 N–H and O–H groups in total. The highest BCUT2D eigenvalue weighted by Crippen LogP contribution is 2.22. The predicted octanol–water partition coefficient (Wildman–Crippen LogP) is 1.23. The number of aromatic nitrogens is 2. The molecule has 0 atom stereocenters. The molecule has 0 radical (unpaired) electrons. The minimum absolute atomic E-state index is 0.131. The van der Waals surface area contributed by atoms with Crippen LogP contribution < -0.4 is 5.32 Å². The van der Waals surface area contributed by atoms with Gasteiger partial charge in [-0.15, -0.1) is 0 Å². The van der Waals surface area contributed by atoms with E-state index in [9.17, 15) is 14.4 Å². The Balaban J connectivity index is 1.87. The molecule has 1 saturated heterocycles. The van der Waals surface area contributed by atoms with Crippen LogP contribution in [-0.2, 0) is 4.79 Å². The van der Waals surface area contributed by atoms with Crippen LogP contribution in [0, 0.1) is 6.92 Å². The number of carboxylic acid groups (broad SMARTS) is 1. The van der Waals surface area contributed by atoms with Gasteiger partial charge in [0.2, 0.25) is 5.91 Å². The Bertz CT molecular complexity index is 883. The van der Waals surface area contributed by atoms with Crippen molar-refractivity contribution in [1.82, 2.24) is 20.0 Å². The molecule has 3 rings (SSSR count). The molecule has 8 heteroatoms. The van der Waals surface area contributed by atoms with E-state index in [0.29, 0.717) is 30.0 Å². The van der Waals surface area contributed by atoms with Crippen LogP contribution in [-0.4, -0.2) is 56.2 Å². The number of amides is 2. The highest BCUT2D eigenvalue weighted by atomic mass is 16.4. The molecular formula is C18H20N4O4. The lowest BCUT2D eigenvalue weighted by Crippen LogP contribution is -2.63. The van der Waals surface area contributed by atoms with Gasteiger partial charge in [-0.2, -0.15) is 5.10 Å². The van der Waals surface area contributed by atoms with E-state index in [4.69, 9.17) is 5.11 Å². The number of carbonyl (C=O) groups excluding carboxylic acids is 2. The quantitative estimate of drug-likeness (QED) is 0.861. The number of nitrogens with zero attached hydrogens (tertiary/aromatic N) is 3. The standard InChI is InChI=1S/C18H20N4O4/c1-11-14(16(24)25)10-20-22(11)13-6-4-12(5-7-13)15(23)21-9-8-19-17(26)18(21,2)3/h4-7,10H,8-9H2,1-3H3,(H,19,26)(H,24,25). The molecule has 0 aliphatic carbocycles. The zero-order valence-corrected chi connectivity index (χ0v) is 14.8. The van der Waals surface area contributed by atoms with Gasteiger partial charge in [0.05, 0.1) is 17.6 Å². The molecule has 2 heterocycles. The number of hydrogen-bond donors (Lipinski definition) is 2. The summed E-state index contributed by atoms with van der Waals surface area (Å²) in [4.78, 5) is 37.5. The zero-order valence-electron chi connectivity index (χ0n) is 14.8. The van der Waals surface area contributed by atoms with Gasteiger partial charge in [0.1, 0.15) is 11.1 Å². The number of hydrogen-bond acceptors (Lipinski definition) is 4. The van der Waals surface area contributed by atoms with Gasteiger partial charge in [0.25, 0.3) is 5.91 Å². The van der Waals surface area contributed by atoms with Gasteiger partial charge in [-0.25, -0.2) is 9.48 Å². The van der Waals surface area contributed by atoms with Crippen molar-refractivity contribution in [3.05, 3.63) is 47.3 Å². The van der Waals surface area contributed by atoms with Crippen LogP contribution >= 0.6 is 0 Å². The summed E-state index contributed by atoms with van der Waals surface area (Å²) in [5.41, 5.74) is 0.835. The largest absolute Gasteiger partial charge is 0.478 e. The van der Waals surface area contributed by atoms with Gasteiger partial charge in [0, 0.05) is 18.7 Å². The third kappa shape index (κ3) is 2.83. The van der Waals surface area contributed by atoms with E-state index in [1.54, 1.807) is 49.9 Å². The maximum absolute atomic E-state index is 12.8. The first-order valence-electron chi connectivity index (χ1n) is 8.22. The van der Waals surface area contributed by atoms with Crippen LogP contribution in [0.25, 0.3) is 5.69 Å². The molecule has 8 nitrogen and oxygen atoms in total. The average Bonchev–Trinajstić information content (AvgIpc) is 2.98. The van der Waals surface area contributed by atoms with E-state index in [0.717, 1.165) is 0 Å². The van der Waals surface area contributed by atoms with Crippen molar-refractivity contribution in [1.29, 1.82) is 0 Å². The van der Waals surface area contributed by atoms with E-state index >= 15 is 0 Å². The second kappa shape index (κ2) is 6.29. The monoisotopic (exact) mass is 356 g/mol. The third-order valence-electron chi connectivity index (χ3n) is 4.70. The molecule has 2 aromatic rings. The normalized spacial score (nSPS) is 16.3. The molecular weight excluding hydrogens is 336 g/mol. The van der Waals surface area contributed by atoms with Crippen LogP contribution in [0.3, 0.4) is 0 Å². The van der Waals surface area contributed by atoms with Crippen molar-refractivity contribution in [3.8, 4) is 5.69 Å². The SMILES string of the molecule is Cc1c(C(=O)O)cnn1-c1ccc(C(=O)N2CCNC(=O)C2(C)C)cc1. The molecule has 136 valence electrons. The lowest BCUT2D eigenvalue weighted by molar-refractivity contribution is -0.133. The molecule has 1 aromatic carbocycles. The Hall–Kier alpha value is -3.16. The number of benzene rings is 1. The van der Waals surface area contributed by atoms with Crippen LogP contribution in [0.1, 0.15) is 40.3 Å². The first-order valence-corrected chi connectivity index (χ1v) is 8.22. The van der Waals surface area contributed by atoms with E-state index in [1.165, 1.54) is 10.9 Å². The molecule has 0 saturated carbocycles. The Kier molecular flexibility index (Phi) is 4.27. The Morgan fingerprint density at radius 2 is 1.88 bits per heavy atom. The fraction of sp³-hybridized carbons (Fsp3) is 0.333. The van der Waals surface area contributed by atoms with Crippen molar-refractivity contribution in [2.24, 2.45) is 0 Å². The van der Waals surface area contributed by atoms with Gasteiger partial charge in [-0.05, 0) is 45.0 Å². The Labute approximate surface area is 150 Å². The second-order valence-corrected chi connectivity index (χ2v) is 6.68. The molecule has 1 aliphatic rings. The predicted molar refractivity (Wildman–Crippen MR) is 93.4 cm³/mol. The topological polar surface area (TPSA) is 105 Å². The highest BCUT2D eigenvalue weighted by molar-refractivity contribution is 5.99. The van der Waals surface area contributed by atoms with Gasteiger partial charge in [-0.1, -0.05) is 0 Å². The summed E-state index contributed by atoms with van der Waals surface area (Å²) in [6.45, 7) is 5.98. The van der Waals surface area contributed by atoms with Crippen LogP contribution in [0.4, 0.5) is 0 Å². The maximum atomic E-state index is 12.8. The van der Waals surface area contributed by atoms with E-state index in [-0.39, 0.29) is 17.4 Å². The molecule has 0 spiro atoms. The lowest BCUT2D eigenvalue weighted by Gasteiger charge is -2.41. The van der Waals surface area contributed by atoms with Gasteiger partial charge < -0.3 is 15.3 Å². The van der Waals surface area contributed by atoms with Crippen LogP contribution in [0.5, 0.6) is 0 Å².